The third-order valence-electron chi connectivity index (χ3n) is 2.55. The SMILES string of the molecule is Cc1cc(Cl)c(NC(=O)c2ccc(N)nc2)cc1Cl. The first kappa shape index (κ1) is 13.6. The van der Waals surface area contributed by atoms with Gasteiger partial charge in [-0.05, 0) is 36.8 Å². The van der Waals surface area contributed by atoms with Crippen LogP contribution in [0.15, 0.2) is 30.5 Å². The second-order valence-electron chi connectivity index (χ2n) is 4.01. The lowest BCUT2D eigenvalue weighted by molar-refractivity contribution is 0.102. The first-order valence-electron chi connectivity index (χ1n) is 5.46. The zero-order valence-corrected chi connectivity index (χ0v) is 11.6. The van der Waals surface area contributed by atoms with Gasteiger partial charge in [-0.25, -0.2) is 4.98 Å². The number of hydrogen-bond acceptors (Lipinski definition) is 3. The monoisotopic (exact) mass is 295 g/mol. The van der Waals surface area contributed by atoms with Crippen LogP contribution in [0.1, 0.15) is 15.9 Å². The molecule has 0 saturated heterocycles. The van der Waals surface area contributed by atoms with Crippen LogP contribution in [-0.4, -0.2) is 10.9 Å². The van der Waals surface area contributed by atoms with Gasteiger partial charge in [0.25, 0.3) is 5.91 Å². The van der Waals surface area contributed by atoms with Crippen LogP contribution in [0.4, 0.5) is 11.5 Å². The molecule has 1 heterocycles. The number of nitrogens with one attached hydrogen (secondary N) is 1. The highest BCUT2D eigenvalue weighted by Crippen LogP contribution is 2.29. The van der Waals surface area contributed by atoms with Gasteiger partial charge in [0.1, 0.15) is 5.82 Å². The van der Waals surface area contributed by atoms with E-state index in [0.717, 1.165) is 5.56 Å². The van der Waals surface area contributed by atoms with Crippen LogP contribution in [-0.2, 0) is 0 Å². The molecule has 0 aliphatic rings. The largest absolute Gasteiger partial charge is 0.384 e. The number of nitrogens with two attached hydrogens (primary N) is 1. The van der Waals surface area contributed by atoms with Crippen molar-refractivity contribution in [1.82, 2.24) is 4.98 Å². The summed E-state index contributed by atoms with van der Waals surface area (Å²) in [4.78, 5) is 15.8. The Bertz CT molecular complexity index is 627. The molecule has 3 N–H and O–H groups in total. The predicted octanol–water partition coefficient (Wildman–Crippen LogP) is 3.53. The molecule has 2 aromatic rings. The Hall–Kier alpha value is -1.78. The number of amides is 1. The summed E-state index contributed by atoms with van der Waals surface area (Å²) in [5.41, 5.74) is 7.15. The zero-order valence-electron chi connectivity index (χ0n) is 10.1. The van der Waals surface area contributed by atoms with Crippen LogP contribution >= 0.6 is 23.2 Å². The van der Waals surface area contributed by atoms with Gasteiger partial charge in [-0.3, -0.25) is 4.79 Å². The third kappa shape index (κ3) is 3.16. The Labute approximate surface area is 120 Å². The minimum Gasteiger partial charge on any atom is -0.384 e. The van der Waals surface area contributed by atoms with Crippen molar-refractivity contribution < 1.29 is 4.79 Å². The van der Waals surface area contributed by atoms with Gasteiger partial charge < -0.3 is 11.1 Å². The van der Waals surface area contributed by atoms with Crippen molar-refractivity contribution in [3.8, 4) is 0 Å². The molecule has 0 aliphatic carbocycles. The fourth-order valence-corrected chi connectivity index (χ4v) is 1.91. The van der Waals surface area contributed by atoms with Gasteiger partial charge in [0.15, 0.2) is 0 Å². The maximum Gasteiger partial charge on any atom is 0.257 e. The number of halogens is 2. The summed E-state index contributed by atoms with van der Waals surface area (Å²) in [5, 5.41) is 3.64. The van der Waals surface area contributed by atoms with E-state index in [-0.39, 0.29) is 5.91 Å². The molecule has 0 atom stereocenters. The van der Waals surface area contributed by atoms with Crippen LogP contribution in [0.25, 0.3) is 0 Å². The van der Waals surface area contributed by atoms with Crippen LogP contribution in [0.3, 0.4) is 0 Å². The van der Waals surface area contributed by atoms with Gasteiger partial charge in [0.05, 0.1) is 16.3 Å². The minimum absolute atomic E-state index is 0.325. The highest BCUT2D eigenvalue weighted by molar-refractivity contribution is 6.36. The van der Waals surface area contributed by atoms with Crippen LogP contribution < -0.4 is 11.1 Å². The van der Waals surface area contributed by atoms with E-state index in [1.807, 2.05) is 6.92 Å². The molecule has 1 aromatic carbocycles. The zero-order chi connectivity index (χ0) is 14.0. The van der Waals surface area contributed by atoms with E-state index in [2.05, 4.69) is 10.3 Å². The number of benzene rings is 1. The quantitative estimate of drug-likeness (QED) is 0.890. The number of nitrogens with zero attached hydrogens (tertiary/aromatic N) is 1. The molecule has 0 fully saturated rings. The maximum absolute atomic E-state index is 12.0. The Morgan fingerprint density at radius 3 is 2.63 bits per heavy atom. The van der Waals surface area contributed by atoms with E-state index >= 15 is 0 Å². The van der Waals surface area contributed by atoms with Crippen LogP contribution in [0.2, 0.25) is 10.0 Å². The highest BCUT2D eigenvalue weighted by Gasteiger charge is 2.10. The summed E-state index contributed by atoms with van der Waals surface area (Å²) in [6, 6.07) is 6.45. The topological polar surface area (TPSA) is 68.0 Å². The van der Waals surface area contributed by atoms with E-state index in [1.165, 1.54) is 6.20 Å². The molecule has 0 bridgehead atoms. The van der Waals surface area contributed by atoms with Crippen molar-refractivity contribution in [1.29, 1.82) is 0 Å². The Kier molecular flexibility index (Phi) is 3.93. The van der Waals surface area contributed by atoms with Gasteiger partial charge in [0.2, 0.25) is 0 Å². The summed E-state index contributed by atoms with van der Waals surface area (Å²) in [5.74, 6) is 0.0299. The number of hydrogen-bond donors (Lipinski definition) is 2. The fraction of sp³-hybridized carbons (Fsp3) is 0.0769. The summed E-state index contributed by atoms with van der Waals surface area (Å²) in [7, 11) is 0. The van der Waals surface area contributed by atoms with Crippen molar-refractivity contribution in [2.24, 2.45) is 0 Å². The molecule has 0 aliphatic heterocycles. The number of aromatic nitrogens is 1. The number of rotatable bonds is 2. The molecule has 0 radical (unpaired) electrons. The second-order valence-corrected chi connectivity index (χ2v) is 4.82. The molecule has 0 saturated carbocycles. The highest BCUT2D eigenvalue weighted by atomic mass is 35.5. The number of carbonyl (C=O) groups excluding carboxylic acids is 1. The van der Waals surface area contributed by atoms with Crippen LogP contribution in [0, 0.1) is 6.92 Å². The summed E-state index contributed by atoms with van der Waals surface area (Å²) in [6.07, 6.45) is 1.40. The van der Waals surface area contributed by atoms with Crippen molar-refractivity contribution in [3.05, 3.63) is 51.6 Å². The Morgan fingerprint density at radius 1 is 1.26 bits per heavy atom. The number of nitrogen functional groups attached to an aromatic ring is 1. The molecular weight excluding hydrogens is 285 g/mol. The summed E-state index contributed by atoms with van der Waals surface area (Å²) >= 11 is 12.0. The average Bonchev–Trinajstić information content (AvgIpc) is 2.36. The number of pyridine rings is 1. The first-order valence-corrected chi connectivity index (χ1v) is 6.21. The second kappa shape index (κ2) is 5.47. The molecular formula is C13H11Cl2N3O. The number of aryl methyl sites for hydroxylation is 1. The molecule has 6 heteroatoms. The van der Waals surface area contributed by atoms with Gasteiger partial charge in [-0.15, -0.1) is 0 Å². The standard InChI is InChI=1S/C13H11Cl2N3O/c1-7-4-10(15)11(5-9(7)14)18-13(19)8-2-3-12(16)17-6-8/h2-6H,1H3,(H2,16,17)(H,18,19). The lowest BCUT2D eigenvalue weighted by atomic mass is 10.2. The molecule has 0 spiro atoms. The first-order chi connectivity index (χ1) is 8.97. The lowest BCUT2D eigenvalue weighted by Gasteiger charge is -2.09. The molecule has 1 amide bonds. The maximum atomic E-state index is 12.0. The number of carbonyl (C=O) groups is 1. The van der Waals surface area contributed by atoms with E-state index < -0.39 is 0 Å². The Morgan fingerprint density at radius 2 is 2.00 bits per heavy atom. The summed E-state index contributed by atoms with van der Waals surface area (Å²) in [6.45, 7) is 1.84. The van der Waals surface area contributed by atoms with Crippen molar-refractivity contribution in [2.75, 3.05) is 11.1 Å². The van der Waals surface area contributed by atoms with E-state index in [4.69, 9.17) is 28.9 Å². The molecule has 4 nitrogen and oxygen atoms in total. The summed E-state index contributed by atoms with van der Waals surface area (Å²) < 4.78 is 0. The van der Waals surface area contributed by atoms with Gasteiger partial charge in [-0.2, -0.15) is 0 Å². The average molecular weight is 296 g/mol. The van der Waals surface area contributed by atoms with Gasteiger partial charge in [0, 0.05) is 11.2 Å². The number of anilines is 2. The van der Waals surface area contributed by atoms with Gasteiger partial charge in [-0.1, -0.05) is 23.2 Å². The minimum atomic E-state index is -0.325. The van der Waals surface area contributed by atoms with Crippen molar-refractivity contribution in [3.63, 3.8) is 0 Å². The van der Waals surface area contributed by atoms with Gasteiger partial charge >= 0.3 is 0 Å². The molecule has 98 valence electrons. The molecule has 1 aromatic heterocycles. The predicted molar refractivity (Wildman–Crippen MR) is 77.8 cm³/mol. The third-order valence-corrected chi connectivity index (χ3v) is 3.26. The fourth-order valence-electron chi connectivity index (χ4n) is 1.48. The lowest BCUT2D eigenvalue weighted by Crippen LogP contribution is -2.12. The molecule has 19 heavy (non-hydrogen) atoms. The van der Waals surface area contributed by atoms with E-state index in [0.29, 0.717) is 27.1 Å². The molecule has 0 unspecified atom stereocenters. The van der Waals surface area contributed by atoms with Crippen molar-refractivity contribution in [2.45, 2.75) is 6.92 Å². The van der Waals surface area contributed by atoms with Crippen molar-refractivity contribution >= 4 is 40.6 Å². The Balaban J connectivity index is 2.24. The van der Waals surface area contributed by atoms with E-state index in [1.54, 1.807) is 24.3 Å². The molecule has 2 rings (SSSR count). The normalized spacial score (nSPS) is 10.3. The van der Waals surface area contributed by atoms with E-state index in [9.17, 15) is 4.79 Å². The van der Waals surface area contributed by atoms with Crippen LogP contribution in [0.5, 0.6) is 0 Å². The smallest absolute Gasteiger partial charge is 0.257 e.